The van der Waals surface area contributed by atoms with Gasteiger partial charge in [-0.1, -0.05) is 6.92 Å². The molecule has 2 fully saturated rings. The molecule has 2 heteroatoms. The molecule has 0 aromatic carbocycles. The molecule has 2 nitrogen and oxygen atoms in total. The molecule has 0 amide bonds. The summed E-state index contributed by atoms with van der Waals surface area (Å²) < 4.78 is 5.23. The number of hydrogen-bond acceptors (Lipinski definition) is 2. The average Bonchev–Trinajstić information content (AvgIpc) is 3.05. The largest absolute Gasteiger partial charge is 0.383 e. The van der Waals surface area contributed by atoms with E-state index in [1.807, 2.05) is 0 Å². The monoisotopic (exact) mass is 197 g/mol. The second-order valence-corrected chi connectivity index (χ2v) is 4.93. The van der Waals surface area contributed by atoms with E-state index in [1.165, 1.54) is 32.1 Å². The van der Waals surface area contributed by atoms with Crippen LogP contribution in [0.4, 0.5) is 0 Å². The average molecular weight is 197 g/mol. The fraction of sp³-hybridized carbons (Fsp3) is 1.00. The fourth-order valence-corrected chi connectivity index (χ4v) is 2.32. The van der Waals surface area contributed by atoms with Gasteiger partial charge in [-0.25, -0.2) is 0 Å². The second kappa shape index (κ2) is 4.63. The van der Waals surface area contributed by atoms with Gasteiger partial charge in [0.1, 0.15) is 0 Å². The summed E-state index contributed by atoms with van der Waals surface area (Å²) in [5.74, 6) is 1.99. The van der Waals surface area contributed by atoms with E-state index in [0.717, 1.165) is 24.5 Å². The first-order valence-electron chi connectivity index (χ1n) is 6.10. The first kappa shape index (κ1) is 10.4. The molecule has 14 heavy (non-hydrogen) atoms. The predicted octanol–water partition coefficient (Wildman–Crippen LogP) is 2.19. The van der Waals surface area contributed by atoms with Crippen LogP contribution < -0.4 is 5.32 Å². The van der Waals surface area contributed by atoms with Gasteiger partial charge in [0.25, 0.3) is 0 Å². The highest BCUT2D eigenvalue weighted by atomic mass is 16.5. The van der Waals surface area contributed by atoms with E-state index in [0.29, 0.717) is 6.04 Å². The van der Waals surface area contributed by atoms with Crippen molar-refractivity contribution >= 4 is 0 Å². The molecule has 1 N–H and O–H groups in total. The smallest absolute Gasteiger partial charge is 0.0615 e. The van der Waals surface area contributed by atoms with Crippen LogP contribution in [0, 0.1) is 11.8 Å². The lowest BCUT2D eigenvalue weighted by atomic mass is 10.1. The minimum Gasteiger partial charge on any atom is -0.383 e. The Bertz CT molecular complexity index is 163. The van der Waals surface area contributed by atoms with Crippen LogP contribution in [0.25, 0.3) is 0 Å². The van der Waals surface area contributed by atoms with Gasteiger partial charge in [0.15, 0.2) is 0 Å². The van der Waals surface area contributed by atoms with Gasteiger partial charge in [0.2, 0.25) is 0 Å². The van der Waals surface area contributed by atoms with Gasteiger partial charge in [0, 0.05) is 19.2 Å². The van der Waals surface area contributed by atoms with Crippen LogP contribution in [0.15, 0.2) is 0 Å². The third kappa shape index (κ3) is 2.71. The summed E-state index contributed by atoms with van der Waals surface area (Å²) in [5, 5.41) is 3.80. The minimum atomic E-state index is 0.575. The van der Waals surface area contributed by atoms with Gasteiger partial charge in [-0.3, -0.25) is 0 Å². The standard InChI is InChI=1S/C12H23NO/c1-3-11(8-14-2)13-12(9-4-5-9)10-6-7-10/h9-13H,3-8H2,1-2H3. The van der Waals surface area contributed by atoms with Crippen molar-refractivity contribution in [2.75, 3.05) is 13.7 Å². The van der Waals surface area contributed by atoms with Crippen molar-refractivity contribution in [1.29, 1.82) is 0 Å². The summed E-state index contributed by atoms with van der Waals surface area (Å²) in [6.45, 7) is 3.11. The van der Waals surface area contributed by atoms with E-state index < -0.39 is 0 Å². The van der Waals surface area contributed by atoms with E-state index >= 15 is 0 Å². The minimum absolute atomic E-state index is 0.575. The fourth-order valence-electron chi connectivity index (χ4n) is 2.32. The van der Waals surface area contributed by atoms with Crippen molar-refractivity contribution in [3.63, 3.8) is 0 Å². The highest BCUT2D eigenvalue weighted by molar-refractivity contribution is 4.97. The molecule has 0 bridgehead atoms. The first-order valence-corrected chi connectivity index (χ1v) is 6.10. The SMILES string of the molecule is CCC(COC)NC(C1CC1)C1CC1. The third-order valence-electron chi connectivity index (χ3n) is 3.55. The van der Waals surface area contributed by atoms with Crippen molar-refractivity contribution < 1.29 is 4.74 Å². The predicted molar refractivity (Wildman–Crippen MR) is 58.3 cm³/mol. The Kier molecular flexibility index (Phi) is 3.45. The number of hydrogen-bond donors (Lipinski definition) is 1. The van der Waals surface area contributed by atoms with Gasteiger partial charge >= 0.3 is 0 Å². The van der Waals surface area contributed by atoms with E-state index in [4.69, 9.17) is 4.74 Å². The first-order chi connectivity index (χ1) is 6.85. The summed E-state index contributed by atoms with van der Waals surface area (Å²) in [6.07, 6.45) is 7.01. The van der Waals surface area contributed by atoms with Crippen LogP contribution in [0.2, 0.25) is 0 Å². The maximum Gasteiger partial charge on any atom is 0.0615 e. The van der Waals surface area contributed by atoms with Crippen LogP contribution in [0.5, 0.6) is 0 Å². The Morgan fingerprint density at radius 2 is 1.79 bits per heavy atom. The molecule has 2 rings (SSSR count). The normalized spacial score (nSPS) is 24.2. The Morgan fingerprint density at radius 1 is 1.21 bits per heavy atom. The molecular weight excluding hydrogens is 174 g/mol. The Hall–Kier alpha value is -0.0800. The lowest BCUT2D eigenvalue weighted by Gasteiger charge is -2.24. The molecule has 1 atom stereocenters. The van der Waals surface area contributed by atoms with Gasteiger partial charge in [-0.05, 0) is 43.9 Å². The summed E-state index contributed by atoms with van der Waals surface area (Å²) in [4.78, 5) is 0. The van der Waals surface area contributed by atoms with Crippen molar-refractivity contribution in [3.05, 3.63) is 0 Å². The number of ether oxygens (including phenoxy) is 1. The van der Waals surface area contributed by atoms with E-state index in [1.54, 1.807) is 7.11 Å². The summed E-state index contributed by atoms with van der Waals surface area (Å²) in [6, 6.07) is 1.39. The molecule has 0 radical (unpaired) electrons. The summed E-state index contributed by atoms with van der Waals surface area (Å²) in [5.41, 5.74) is 0. The molecule has 2 saturated carbocycles. The topological polar surface area (TPSA) is 21.3 Å². The molecule has 0 aromatic rings. The van der Waals surface area contributed by atoms with E-state index in [9.17, 15) is 0 Å². The van der Waals surface area contributed by atoms with Gasteiger partial charge < -0.3 is 10.1 Å². The number of nitrogens with one attached hydrogen (secondary N) is 1. The second-order valence-electron chi connectivity index (χ2n) is 4.93. The van der Waals surface area contributed by atoms with Gasteiger partial charge in [-0.2, -0.15) is 0 Å². The molecule has 0 spiro atoms. The van der Waals surface area contributed by atoms with Crippen molar-refractivity contribution in [2.45, 2.75) is 51.1 Å². The highest BCUT2D eigenvalue weighted by Gasteiger charge is 2.41. The number of rotatable bonds is 7. The molecule has 82 valence electrons. The zero-order valence-electron chi connectivity index (χ0n) is 9.46. The molecule has 2 aliphatic rings. The Morgan fingerprint density at radius 3 is 2.14 bits per heavy atom. The zero-order valence-corrected chi connectivity index (χ0v) is 9.46. The lowest BCUT2D eigenvalue weighted by molar-refractivity contribution is 0.153. The Labute approximate surface area is 87.4 Å². The third-order valence-corrected chi connectivity index (χ3v) is 3.55. The molecule has 0 heterocycles. The van der Waals surface area contributed by atoms with Crippen LogP contribution in [-0.4, -0.2) is 25.8 Å². The summed E-state index contributed by atoms with van der Waals surface area (Å²) >= 11 is 0. The highest BCUT2D eigenvalue weighted by Crippen LogP contribution is 2.44. The van der Waals surface area contributed by atoms with Crippen molar-refractivity contribution in [1.82, 2.24) is 5.32 Å². The zero-order chi connectivity index (χ0) is 9.97. The molecular formula is C12H23NO. The van der Waals surface area contributed by atoms with Crippen LogP contribution in [0.1, 0.15) is 39.0 Å². The maximum atomic E-state index is 5.23. The van der Waals surface area contributed by atoms with Crippen LogP contribution >= 0.6 is 0 Å². The summed E-state index contributed by atoms with van der Waals surface area (Å²) in [7, 11) is 1.80. The molecule has 0 saturated heterocycles. The quantitative estimate of drug-likeness (QED) is 0.675. The molecule has 0 aromatic heterocycles. The van der Waals surface area contributed by atoms with E-state index in [2.05, 4.69) is 12.2 Å². The van der Waals surface area contributed by atoms with Crippen LogP contribution in [0.3, 0.4) is 0 Å². The van der Waals surface area contributed by atoms with Crippen LogP contribution in [-0.2, 0) is 4.74 Å². The molecule has 1 unspecified atom stereocenters. The van der Waals surface area contributed by atoms with Gasteiger partial charge in [-0.15, -0.1) is 0 Å². The van der Waals surface area contributed by atoms with E-state index in [-0.39, 0.29) is 0 Å². The Balaban J connectivity index is 1.78. The lowest BCUT2D eigenvalue weighted by Crippen LogP contribution is -2.43. The number of methoxy groups -OCH3 is 1. The maximum absolute atomic E-state index is 5.23. The molecule has 2 aliphatic carbocycles. The van der Waals surface area contributed by atoms with Crippen molar-refractivity contribution in [2.24, 2.45) is 11.8 Å². The van der Waals surface area contributed by atoms with Crippen molar-refractivity contribution in [3.8, 4) is 0 Å². The van der Waals surface area contributed by atoms with Gasteiger partial charge in [0.05, 0.1) is 6.61 Å². The molecule has 0 aliphatic heterocycles.